The number of pyridine rings is 3. The molecular formula is C25H30N6. The summed E-state index contributed by atoms with van der Waals surface area (Å²) >= 11 is 0. The van der Waals surface area contributed by atoms with E-state index in [2.05, 4.69) is 27.9 Å². The minimum absolute atomic E-state index is 0.324. The van der Waals surface area contributed by atoms with Gasteiger partial charge in [0.2, 0.25) is 0 Å². The van der Waals surface area contributed by atoms with Crippen molar-refractivity contribution in [2.45, 2.75) is 45.4 Å². The van der Waals surface area contributed by atoms with Gasteiger partial charge in [-0.15, -0.1) is 0 Å². The molecule has 0 atom stereocenters. The molecule has 31 heavy (non-hydrogen) atoms. The fraction of sp³-hybridized carbons (Fsp3) is 0.360. The van der Waals surface area contributed by atoms with E-state index in [0.717, 1.165) is 49.4 Å². The third-order valence-electron chi connectivity index (χ3n) is 5.83. The summed E-state index contributed by atoms with van der Waals surface area (Å²) in [4.78, 5) is 16.0. The summed E-state index contributed by atoms with van der Waals surface area (Å²) in [6.07, 6.45) is 12.1. The van der Waals surface area contributed by atoms with Crippen LogP contribution in [0.4, 0.5) is 11.5 Å². The predicted octanol–water partition coefficient (Wildman–Crippen LogP) is 4.87. The average Bonchev–Trinajstić information content (AvgIpc) is 2.83. The van der Waals surface area contributed by atoms with E-state index in [9.17, 15) is 0 Å². The number of aromatic nitrogens is 3. The lowest BCUT2D eigenvalue weighted by molar-refractivity contribution is 0.571. The van der Waals surface area contributed by atoms with Gasteiger partial charge in [-0.1, -0.05) is 19.4 Å². The standard InChI is InChI=1S/C25H30N6/c1-2-3-8-18-10-11-22(30-25(18)31-13-5-4-6-14-31)24(27)20-15-23(29-17-21(20)26)19-9-7-12-28-16-19/h7,9-12,15-17,27H,2-6,8,13-14,26H2,1H3. The first-order chi connectivity index (χ1) is 15.2. The van der Waals surface area contributed by atoms with E-state index in [4.69, 9.17) is 16.1 Å². The summed E-state index contributed by atoms with van der Waals surface area (Å²) in [5, 5.41) is 8.89. The first kappa shape index (κ1) is 21.0. The lowest BCUT2D eigenvalue weighted by Crippen LogP contribution is -2.31. The van der Waals surface area contributed by atoms with Crippen LogP contribution >= 0.6 is 0 Å². The molecular weight excluding hydrogens is 384 g/mol. The fourth-order valence-electron chi connectivity index (χ4n) is 4.05. The summed E-state index contributed by atoms with van der Waals surface area (Å²) in [6, 6.07) is 9.80. The molecule has 0 radical (unpaired) electrons. The van der Waals surface area contributed by atoms with Crippen LogP contribution in [-0.2, 0) is 6.42 Å². The Morgan fingerprint density at radius 2 is 1.97 bits per heavy atom. The van der Waals surface area contributed by atoms with Gasteiger partial charge >= 0.3 is 0 Å². The summed E-state index contributed by atoms with van der Waals surface area (Å²) < 4.78 is 0. The SMILES string of the molecule is CCCCc1ccc(C(=N)c2cc(-c3cccnc3)ncc2N)nc1N1CCCCC1. The van der Waals surface area contributed by atoms with Crippen molar-refractivity contribution in [3.05, 3.63) is 65.7 Å². The van der Waals surface area contributed by atoms with Gasteiger partial charge in [0.15, 0.2) is 0 Å². The molecule has 3 aromatic heterocycles. The summed E-state index contributed by atoms with van der Waals surface area (Å²) in [6.45, 7) is 4.28. The fourth-order valence-corrected chi connectivity index (χ4v) is 4.05. The zero-order valence-corrected chi connectivity index (χ0v) is 18.1. The number of anilines is 2. The van der Waals surface area contributed by atoms with Crippen LogP contribution in [0.2, 0.25) is 0 Å². The van der Waals surface area contributed by atoms with Gasteiger partial charge in [-0.05, 0) is 61.9 Å². The molecule has 0 saturated carbocycles. The van der Waals surface area contributed by atoms with E-state index in [1.165, 1.54) is 24.8 Å². The van der Waals surface area contributed by atoms with E-state index in [1.54, 1.807) is 18.6 Å². The quantitative estimate of drug-likeness (QED) is 0.538. The number of hydrogen-bond donors (Lipinski definition) is 2. The Morgan fingerprint density at radius 1 is 1.13 bits per heavy atom. The smallest absolute Gasteiger partial charge is 0.132 e. The van der Waals surface area contributed by atoms with Gasteiger partial charge in [0.1, 0.15) is 5.82 Å². The van der Waals surface area contributed by atoms with E-state index in [-0.39, 0.29) is 0 Å². The number of piperidine rings is 1. The maximum Gasteiger partial charge on any atom is 0.132 e. The molecule has 1 saturated heterocycles. The Balaban J connectivity index is 1.69. The molecule has 0 unspecified atom stereocenters. The summed E-state index contributed by atoms with van der Waals surface area (Å²) in [5.74, 6) is 1.04. The molecule has 0 amide bonds. The number of nitrogens with two attached hydrogens (primary N) is 1. The second-order valence-electron chi connectivity index (χ2n) is 8.10. The van der Waals surface area contributed by atoms with Gasteiger partial charge < -0.3 is 10.6 Å². The number of rotatable bonds is 7. The van der Waals surface area contributed by atoms with Crippen molar-refractivity contribution in [2.75, 3.05) is 23.7 Å². The molecule has 4 rings (SSSR count). The van der Waals surface area contributed by atoms with Gasteiger partial charge in [0.05, 0.1) is 29.0 Å². The van der Waals surface area contributed by atoms with Gasteiger partial charge in [-0.25, -0.2) is 4.98 Å². The van der Waals surface area contributed by atoms with Crippen LogP contribution in [0.3, 0.4) is 0 Å². The number of nitrogen functional groups attached to an aromatic ring is 1. The Morgan fingerprint density at radius 3 is 2.71 bits per heavy atom. The van der Waals surface area contributed by atoms with Crippen molar-refractivity contribution < 1.29 is 0 Å². The largest absolute Gasteiger partial charge is 0.397 e. The van der Waals surface area contributed by atoms with E-state index in [0.29, 0.717) is 22.7 Å². The first-order valence-electron chi connectivity index (χ1n) is 11.2. The highest BCUT2D eigenvalue weighted by molar-refractivity contribution is 6.13. The molecule has 0 aromatic carbocycles. The van der Waals surface area contributed by atoms with Crippen LogP contribution in [0, 0.1) is 5.41 Å². The minimum Gasteiger partial charge on any atom is -0.397 e. The summed E-state index contributed by atoms with van der Waals surface area (Å²) in [5.41, 5.74) is 11.2. The highest BCUT2D eigenvalue weighted by Gasteiger charge is 2.19. The van der Waals surface area contributed by atoms with Crippen molar-refractivity contribution in [1.29, 1.82) is 5.41 Å². The second kappa shape index (κ2) is 9.69. The van der Waals surface area contributed by atoms with Crippen molar-refractivity contribution in [2.24, 2.45) is 0 Å². The van der Waals surface area contributed by atoms with Crippen molar-refractivity contribution in [3.63, 3.8) is 0 Å². The molecule has 0 aliphatic carbocycles. The minimum atomic E-state index is 0.324. The highest BCUT2D eigenvalue weighted by Crippen LogP contribution is 2.27. The van der Waals surface area contributed by atoms with Gasteiger partial charge in [0, 0.05) is 36.6 Å². The topological polar surface area (TPSA) is 91.8 Å². The number of aryl methyl sites for hydroxylation is 1. The van der Waals surface area contributed by atoms with Crippen LogP contribution in [0.1, 0.15) is 55.8 Å². The number of nitrogens with zero attached hydrogens (tertiary/aromatic N) is 4. The average molecular weight is 415 g/mol. The molecule has 1 aliphatic rings. The summed E-state index contributed by atoms with van der Waals surface area (Å²) in [7, 11) is 0. The van der Waals surface area contributed by atoms with Gasteiger partial charge in [-0.3, -0.25) is 15.4 Å². The zero-order valence-electron chi connectivity index (χ0n) is 18.1. The van der Waals surface area contributed by atoms with Gasteiger partial charge in [0.25, 0.3) is 0 Å². The monoisotopic (exact) mass is 414 g/mol. The van der Waals surface area contributed by atoms with E-state index < -0.39 is 0 Å². The van der Waals surface area contributed by atoms with Crippen molar-refractivity contribution in [1.82, 2.24) is 15.0 Å². The lowest BCUT2D eigenvalue weighted by Gasteiger charge is -2.30. The molecule has 1 fully saturated rings. The third kappa shape index (κ3) is 4.74. The van der Waals surface area contributed by atoms with Crippen LogP contribution < -0.4 is 10.6 Å². The maximum absolute atomic E-state index is 8.89. The second-order valence-corrected chi connectivity index (χ2v) is 8.10. The first-order valence-corrected chi connectivity index (χ1v) is 11.2. The molecule has 6 heteroatoms. The predicted molar refractivity (Wildman–Crippen MR) is 127 cm³/mol. The van der Waals surface area contributed by atoms with Crippen LogP contribution in [-0.4, -0.2) is 33.8 Å². The van der Waals surface area contributed by atoms with Crippen molar-refractivity contribution >= 4 is 17.2 Å². The molecule has 4 heterocycles. The van der Waals surface area contributed by atoms with Crippen LogP contribution in [0.5, 0.6) is 0 Å². The normalized spacial score (nSPS) is 13.9. The van der Waals surface area contributed by atoms with E-state index >= 15 is 0 Å². The highest BCUT2D eigenvalue weighted by atomic mass is 15.2. The Kier molecular flexibility index (Phi) is 6.55. The Labute approximate surface area is 184 Å². The maximum atomic E-state index is 8.89. The number of hydrogen-bond acceptors (Lipinski definition) is 6. The zero-order chi connectivity index (χ0) is 21.6. The molecule has 3 aromatic rings. The number of unbranched alkanes of at least 4 members (excludes halogenated alkanes) is 1. The van der Waals surface area contributed by atoms with Crippen LogP contribution in [0.25, 0.3) is 11.3 Å². The van der Waals surface area contributed by atoms with Crippen molar-refractivity contribution in [3.8, 4) is 11.3 Å². The van der Waals surface area contributed by atoms with Gasteiger partial charge in [-0.2, -0.15) is 0 Å². The van der Waals surface area contributed by atoms with E-state index in [1.807, 2.05) is 24.3 Å². The Bertz CT molecular complexity index is 1040. The molecule has 3 N–H and O–H groups in total. The third-order valence-corrected chi connectivity index (χ3v) is 5.83. The Hall–Kier alpha value is -3.28. The van der Waals surface area contributed by atoms with Crippen LogP contribution in [0.15, 0.2) is 48.9 Å². The number of nitrogens with one attached hydrogen (secondary N) is 1. The molecule has 0 bridgehead atoms. The molecule has 160 valence electrons. The molecule has 1 aliphatic heterocycles. The lowest BCUT2D eigenvalue weighted by atomic mass is 10.0. The molecule has 6 nitrogen and oxygen atoms in total. The molecule has 0 spiro atoms.